The molecule has 1 atom stereocenters. The molecule has 122 valence electrons. The zero-order valence-corrected chi connectivity index (χ0v) is 12.6. The predicted molar refractivity (Wildman–Crippen MR) is 79.7 cm³/mol. The van der Waals surface area contributed by atoms with Gasteiger partial charge in [0.2, 0.25) is 10.0 Å². The van der Waals surface area contributed by atoms with Crippen molar-refractivity contribution in [2.75, 3.05) is 6.54 Å². The molecule has 0 saturated carbocycles. The molecule has 0 bridgehead atoms. The lowest BCUT2D eigenvalue weighted by atomic mass is 10.2. The van der Waals surface area contributed by atoms with Crippen molar-refractivity contribution in [1.29, 1.82) is 0 Å². The molecule has 23 heavy (non-hydrogen) atoms. The number of H-pyrrole nitrogens is 2. The number of sulfonamides is 1. The van der Waals surface area contributed by atoms with Crippen molar-refractivity contribution in [2.24, 2.45) is 0 Å². The van der Waals surface area contributed by atoms with Crippen LogP contribution in [-0.4, -0.2) is 46.4 Å². The van der Waals surface area contributed by atoms with Gasteiger partial charge in [-0.3, -0.25) is 14.6 Å². The van der Waals surface area contributed by atoms with E-state index in [2.05, 4.69) is 4.98 Å². The lowest BCUT2D eigenvalue weighted by Crippen LogP contribution is -2.40. The summed E-state index contributed by atoms with van der Waals surface area (Å²) in [4.78, 5) is 38.4. The first-order chi connectivity index (χ1) is 10.8. The van der Waals surface area contributed by atoms with E-state index in [4.69, 9.17) is 5.11 Å². The van der Waals surface area contributed by atoms with Gasteiger partial charge in [0.25, 0.3) is 5.56 Å². The maximum atomic E-state index is 12.6. The highest BCUT2D eigenvalue weighted by Crippen LogP contribution is 2.27. The maximum Gasteiger partial charge on any atom is 0.326 e. The van der Waals surface area contributed by atoms with Gasteiger partial charge in [-0.25, -0.2) is 13.2 Å². The fourth-order valence-electron chi connectivity index (χ4n) is 2.71. The van der Waals surface area contributed by atoms with Crippen LogP contribution in [0.25, 0.3) is 10.9 Å². The van der Waals surface area contributed by atoms with Gasteiger partial charge in [-0.1, -0.05) is 0 Å². The standard InChI is InChI=1S/C13H13N3O6S/c17-11-8-6-7(3-4-9(8)14-13(20)15-11)23(21,22)16-5-1-2-10(16)12(18)19/h3-4,6,10H,1-2,5H2,(H,18,19)(H2,14,15,17,20)/t10-/m0/s1. The van der Waals surface area contributed by atoms with E-state index in [9.17, 15) is 22.8 Å². The molecule has 9 nitrogen and oxygen atoms in total. The van der Waals surface area contributed by atoms with E-state index >= 15 is 0 Å². The summed E-state index contributed by atoms with van der Waals surface area (Å²) in [5, 5.41) is 9.15. The van der Waals surface area contributed by atoms with Crippen LogP contribution in [0.2, 0.25) is 0 Å². The fourth-order valence-corrected chi connectivity index (χ4v) is 4.39. The monoisotopic (exact) mass is 339 g/mol. The zero-order chi connectivity index (χ0) is 16.8. The van der Waals surface area contributed by atoms with Crippen molar-refractivity contribution in [3.05, 3.63) is 39.0 Å². The molecule has 10 heteroatoms. The summed E-state index contributed by atoms with van der Waals surface area (Å²) in [7, 11) is -4.04. The minimum Gasteiger partial charge on any atom is -0.480 e. The van der Waals surface area contributed by atoms with E-state index in [-0.39, 0.29) is 28.8 Å². The van der Waals surface area contributed by atoms with Gasteiger partial charge in [0, 0.05) is 6.54 Å². The molecule has 0 unspecified atom stereocenters. The third kappa shape index (κ3) is 2.55. The molecule has 1 saturated heterocycles. The van der Waals surface area contributed by atoms with Gasteiger partial charge < -0.3 is 10.1 Å². The van der Waals surface area contributed by atoms with E-state index in [1.54, 1.807) is 0 Å². The summed E-state index contributed by atoms with van der Waals surface area (Å²) in [6, 6.07) is 2.58. The van der Waals surface area contributed by atoms with Crippen molar-refractivity contribution >= 4 is 26.9 Å². The van der Waals surface area contributed by atoms with Crippen LogP contribution in [0.4, 0.5) is 0 Å². The van der Waals surface area contributed by atoms with Crippen LogP contribution >= 0.6 is 0 Å². The molecule has 1 fully saturated rings. The second-order valence-electron chi connectivity index (χ2n) is 5.23. The number of nitrogens with zero attached hydrogens (tertiary/aromatic N) is 1. The Morgan fingerprint density at radius 1 is 1.26 bits per heavy atom. The highest BCUT2D eigenvalue weighted by molar-refractivity contribution is 7.89. The van der Waals surface area contributed by atoms with Crippen molar-refractivity contribution in [1.82, 2.24) is 14.3 Å². The van der Waals surface area contributed by atoms with Gasteiger partial charge in [-0.05, 0) is 31.0 Å². The lowest BCUT2D eigenvalue weighted by molar-refractivity contribution is -0.140. The number of benzene rings is 1. The number of hydrogen-bond acceptors (Lipinski definition) is 5. The fraction of sp³-hybridized carbons (Fsp3) is 0.308. The van der Waals surface area contributed by atoms with E-state index in [1.807, 2.05) is 4.98 Å². The number of nitrogens with one attached hydrogen (secondary N) is 2. The minimum atomic E-state index is -4.04. The molecule has 1 aromatic heterocycles. The van der Waals surface area contributed by atoms with Gasteiger partial charge in [-0.2, -0.15) is 4.31 Å². The Balaban J connectivity index is 2.14. The Kier molecular flexibility index (Phi) is 3.57. The normalized spacial score (nSPS) is 19.2. The van der Waals surface area contributed by atoms with Crippen LogP contribution < -0.4 is 11.2 Å². The number of aliphatic carboxylic acids is 1. The molecular weight excluding hydrogens is 326 g/mol. The van der Waals surface area contributed by atoms with Crippen molar-refractivity contribution in [3.63, 3.8) is 0 Å². The van der Waals surface area contributed by atoms with Crippen LogP contribution in [0.1, 0.15) is 12.8 Å². The summed E-state index contributed by atoms with van der Waals surface area (Å²) in [6.07, 6.45) is 0.702. The molecular formula is C13H13N3O6S. The molecule has 0 radical (unpaired) electrons. The predicted octanol–water partition coefficient (Wildman–Crippen LogP) is -0.546. The SMILES string of the molecule is O=C(O)[C@@H]1CCCN1S(=O)(=O)c1ccc2[nH]c(=O)[nH]c(=O)c2c1. The molecule has 3 rings (SSSR count). The largest absolute Gasteiger partial charge is 0.480 e. The smallest absolute Gasteiger partial charge is 0.326 e. The summed E-state index contributed by atoms with van der Waals surface area (Å²) in [5.41, 5.74) is -1.20. The maximum absolute atomic E-state index is 12.6. The first-order valence-electron chi connectivity index (χ1n) is 6.82. The molecule has 1 aliphatic heterocycles. The summed E-state index contributed by atoms with van der Waals surface area (Å²) in [6.45, 7) is 0.110. The van der Waals surface area contributed by atoms with Crippen LogP contribution in [0, 0.1) is 0 Å². The Morgan fingerprint density at radius 3 is 2.70 bits per heavy atom. The highest BCUT2D eigenvalue weighted by Gasteiger charge is 2.39. The molecule has 0 aliphatic carbocycles. The Morgan fingerprint density at radius 2 is 2.00 bits per heavy atom. The van der Waals surface area contributed by atoms with Crippen molar-refractivity contribution < 1.29 is 18.3 Å². The summed E-state index contributed by atoms with van der Waals surface area (Å²) in [5.74, 6) is -1.20. The lowest BCUT2D eigenvalue weighted by Gasteiger charge is -2.21. The number of aromatic nitrogens is 2. The van der Waals surface area contributed by atoms with Crippen LogP contribution in [-0.2, 0) is 14.8 Å². The van der Waals surface area contributed by atoms with E-state index in [0.717, 1.165) is 10.4 Å². The molecule has 2 heterocycles. The van der Waals surface area contributed by atoms with Gasteiger partial charge in [0.15, 0.2) is 0 Å². The third-order valence-corrected chi connectivity index (χ3v) is 5.71. The molecule has 2 aromatic rings. The second kappa shape index (κ2) is 5.32. The molecule has 1 aromatic carbocycles. The van der Waals surface area contributed by atoms with Gasteiger partial charge in [0.05, 0.1) is 15.8 Å². The average molecular weight is 339 g/mol. The average Bonchev–Trinajstić information content (AvgIpc) is 2.97. The van der Waals surface area contributed by atoms with Gasteiger partial charge in [0.1, 0.15) is 6.04 Å². The van der Waals surface area contributed by atoms with Crippen molar-refractivity contribution in [2.45, 2.75) is 23.8 Å². The van der Waals surface area contributed by atoms with Crippen LogP contribution in [0.5, 0.6) is 0 Å². The Labute approximate surface area is 129 Å². The zero-order valence-electron chi connectivity index (χ0n) is 11.8. The number of fused-ring (bicyclic) bond motifs is 1. The van der Waals surface area contributed by atoms with E-state index in [1.165, 1.54) is 12.1 Å². The number of carboxylic acid groups (broad SMARTS) is 1. The molecule has 1 aliphatic rings. The molecule has 0 amide bonds. The third-order valence-electron chi connectivity index (χ3n) is 3.81. The molecule has 0 spiro atoms. The van der Waals surface area contributed by atoms with Crippen LogP contribution in [0.15, 0.2) is 32.7 Å². The number of hydrogen-bond donors (Lipinski definition) is 3. The van der Waals surface area contributed by atoms with E-state index in [0.29, 0.717) is 6.42 Å². The molecule has 3 N–H and O–H groups in total. The first-order valence-corrected chi connectivity index (χ1v) is 8.26. The quantitative estimate of drug-likeness (QED) is 0.685. The topological polar surface area (TPSA) is 140 Å². The summed E-state index contributed by atoms with van der Waals surface area (Å²) < 4.78 is 26.2. The number of aromatic amines is 2. The second-order valence-corrected chi connectivity index (χ2v) is 7.12. The Bertz CT molecular complexity index is 1010. The van der Waals surface area contributed by atoms with E-state index < -0.39 is 33.3 Å². The van der Waals surface area contributed by atoms with Crippen molar-refractivity contribution in [3.8, 4) is 0 Å². The summed E-state index contributed by atoms with van der Waals surface area (Å²) >= 11 is 0. The minimum absolute atomic E-state index is 0.0109. The number of rotatable bonds is 3. The highest BCUT2D eigenvalue weighted by atomic mass is 32.2. The number of carboxylic acids is 1. The number of carbonyl (C=O) groups is 1. The first kappa shape index (κ1) is 15.4. The van der Waals surface area contributed by atoms with Gasteiger partial charge in [-0.15, -0.1) is 0 Å². The van der Waals surface area contributed by atoms with Crippen LogP contribution in [0.3, 0.4) is 0 Å². The Hall–Kier alpha value is -2.46. The van der Waals surface area contributed by atoms with Gasteiger partial charge >= 0.3 is 11.7 Å².